The van der Waals surface area contributed by atoms with E-state index in [1.807, 2.05) is 26.8 Å². The highest BCUT2D eigenvalue weighted by Crippen LogP contribution is 2.05. The van der Waals surface area contributed by atoms with E-state index < -0.39 is 6.03 Å². The van der Waals surface area contributed by atoms with Crippen molar-refractivity contribution in [1.29, 1.82) is 0 Å². The molecular formula is C19H30N4O2. The smallest absolute Gasteiger partial charge is 0.321 e. The van der Waals surface area contributed by atoms with Crippen LogP contribution in [0.2, 0.25) is 0 Å². The van der Waals surface area contributed by atoms with Crippen LogP contribution >= 0.6 is 0 Å². The number of hydrogen-bond acceptors (Lipinski definition) is 4. The van der Waals surface area contributed by atoms with Gasteiger partial charge in [0.05, 0.1) is 6.54 Å². The van der Waals surface area contributed by atoms with Gasteiger partial charge >= 0.3 is 6.03 Å². The van der Waals surface area contributed by atoms with Crippen LogP contribution in [0.4, 0.5) is 4.79 Å². The molecule has 1 aromatic carbocycles. The summed E-state index contributed by atoms with van der Waals surface area (Å²) in [5, 5.41) is 5.13. The fourth-order valence-electron chi connectivity index (χ4n) is 2.84. The molecule has 0 radical (unpaired) electrons. The summed E-state index contributed by atoms with van der Waals surface area (Å²) in [6.07, 6.45) is 1.05. The van der Waals surface area contributed by atoms with Crippen LogP contribution in [-0.4, -0.2) is 66.5 Å². The van der Waals surface area contributed by atoms with Gasteiger partial charge in [-0.1, -0.05) is 30.3 Å². The van der Waals surface area contributed by atoms with Crippen LogP contribution in [-0.2, 0) is 11.2 Å². The standard InChI is InChI=1S/C19H30N4O2/c1-19(2,3)21-18(25)20-17(24)15-23-13-11-22(12-14-23)10-9-16-7-5-4-6-8-16/h4-8H,9-15H2,1-3H3,(H2,20,21,24,25). The number of nitrogens with one attached hydrogen (secondary N) is 2. The topological polar surface area (TPSA) is 64.7 Å². The quantitative estimate of drug-likeness (QED) is 0.847. The zero-order chi connectivity index (χ0) is 18.3. The van der Waals surface area contributed by atoms with Gasteiger partial charge in [-0.3, -0.25) is 15.0 Å². The second-order valence-electron chi connectivity index (χ2n) is 7.61. The van der Waals surface area contributed by atoms with Crippen LogP contribution in [0.15, 0.2) is 30.3 Å². The van der Waals surface area contributed by atoms with E-state index in [0.29, 0.717) is 0 Å². The van der Waals surface area contributed by atoms with Crippen LogP contribution < -0.4 is 10.6 Å². The predicted molar refractivity (Wildman–Crippen MR) is 99.5 cm³/mol. The molecule has 0 unspecified atom stereocenters. The van der Waals surface area contributed by atoms with Gasteiger partial charge in [0.25, 0.3) is 0 Å². The molecular weight excluding hydrogens is 316 g/mol. The molecule has 6 heteroatoms. The summed E-state index contributed by atoms with van der Waals surface area (Å²) in [5.41, 5.74) is 1.00. The Hall–Kier alpha value is -1.92. The Bertz CT molecular complexity index is 561. The number of carbonyl (C=O) groups is 2. The Kier molecular flexibility index (Phi) is 6.96. The monoisotopic (exact) mass is 346 g/mol. The van der Waals surface area contributed by atoms with Gasteiger partial charge in [-0.2, -0.15) is 0 Å². The van der Waals surface area contributed by atoms with Crippen molar-refractivity contribution in [3.63, 3.8) is 0 Å². The average molecular weight is 346 g/mol. The summed E-state index contributed by atoms with van der Waals surface area (Å²) >= 11 is 0. The number of amides is 3. The molecule has 6 nitrogen and oxygen atoms in total. The van der Waals surface area contributed by atoms with Crippen LogP contribution in [0.25, 0.3) is 0 Å². The largest absolute Gasteiger partial charge is 0.333 e. The lowest BCUT2D eigenvalue weighted by molar-refractivity contribution is -0.121. The van der Waals surface area contributed by atoms with Crippen molar-refractivity contribution in [2.75, 3.05) is 39.3 Å². The van der Waals surface area contributed by atoms with Gasteiger partial charge in [-0.05, 0) is 32.8 Å². The molecule has 1 fully saturated rings. The van der Waals surface area contributed by atoms with Crippen molar-refractivity contribution in [3.8, 4) is 0 Å². The van der Waals surface area contributed by atoms with E-state index in [1.165, 1.54) is 5.56 Å². The zero-order valence-electron chi connectivity index (χ0n) is 15.5. The van der Waals surface area contributed by atoms with E-state index in [4.69, 9.17) is 0 Å². The lowest BCUT2D eigenvalue weighted by atomic mass is 10.1. The zero-order valence-corrected chi connectivity index (χ0v) is 15.5. The average Bonchev–Trinajstić information content (AvgIpc) is 2.53. The van der Waals surface area contributed by atoms with E-state index in [1.54, 1.807) is 0 Å². The summed E-state index contributed by atoms with van der Waals surface area (Å²) in [4.78, 5) is 28.2. The number of carbonyl (C=O) groups excluding carboxylic acids is 2. The van der Waals surface area contributed by atoms with Crippen molar-refractivity contribution >= 4 is 11.9 Å². The molecule has 0 saturated carbocycles. The number of imide groups is 1. The SMILES string of the molecule is CC(C)(C)NC(=O)NC(=O)CN1CCN(CCc2ccccc2)CC1. The first-order valence-electron chi connectivity index (χ1n) is 8.92. The molecule has 0 atom stereocenters. The molecule has 0 bridgehead atoms. The van der Waals surface area contributed by atoms with Gasteiger partial charge in [0.15, 0.2) is 0 Å². The van der Waals surface area contributed by atoms with Crippen molar-refractivity contribution in [1.82, 2.24) is 20.4 Å². The maximum Gasteiger partial charge on any atom is 0.321 e. The predicted octanol–water partition coefficient (Wildman–Crippen LogP) is 1.47. The summed E-state index contributed by atoms with van der Waals surface area (Å²) in [6.45, 7) is 10.6. The molecule has 0 spiro atoms. The fourth-order valence-corrected chi connectivity index (χ4v) is 2.84. The van der Waals surface area contributed by atoms with Crippen LogP contribution in [0.5, 0.6) is 0 Å². The number of hydrogen-bond donors (Lipinski definition) is 2. The number of nitrogens with zero attached hydrogens (tertiary/aromatic N) is 2. The molecule has 1 aliphatic rings. The van der Waals surface area contributed by atoms with Crippen molar-refractivity contribution < 1.29 is 9.59 Å². The fraction of sp³-hybridized carbons (Fsp3) is 0.579. The van der Waals surface area contributed by atoms with Gasteiger partial charge < -0.3 is 10.2 Å². The molecule has 2 rings (SSSR count). The molecule has 138 valence electrons. The number of urea groups is 1. The molecule has 2 N–H and O–H groups in total. The Balaban J connectivity index is 1.64. The normalized spacial score (nSPS) is 16.4. The van der Waals surface area contributed by atoms with E-state index >= 15 is 0 Å². The van der Waals surface area contributed by atoms with E-state index in [0.717, 1.165) is 39.1 Å². The highest BCUT2D eigenvalue weighted by atomic mass is 16.2. The summed E-state index contributed by atoms with van der Waals surface area (Å²) in [5.74, 6) is -0.250. The lowest BCUT2D eigenvalue weighted by Crippen LogP contribution is -2.53. The summed E-state index contributed by atoms with van der Waals surface area (Å²) in [6, 6.07) is 10.1. The molecule has 25 heavy (non-hydrogen) atoms. The molecule has 1 aromatic rings. The first-order chi connectivity index (χ1) is 11.8. The van der Waals surface area contributed by atoms with Gasteiger partial charge in [0.1, 0.15) is 0 Å². The Morgan fingerprint density at radius 1 is 1.00 bits per heavy atom. The highest BCUT2D eigenvalue weighted by Gasteiger charge is 2.20. The number of piperazine rings is 1. The van der Waals surface area contributed by atoms with Gasteiger partial charge in [0.2, 0.25) is 5.91 Å². The van der Waals surface area contributed by atoms with Gasteiger partial charge in [-0.25, -0.2) is 4.79 Å². The van der Waals surface area contributed by atoms with Crippen LogP contribution in [0.1, 0.15) is 26.3 Å². The Morgan fingerprint density at radius 2 is 1.60 bits per heavy atom. The Labute approximate surface area is 150 Å². The molecule has 1 aliphatic heterocycles. The van der Waals surface area contributed by atoms with Crippen LogP contribution in [0, 0.1) is 0 Å². The maximum atomic E-state index is 12.0. The molecule has 1 saturated heterocycles. The molecule has 0 aromatic heterocycles. The minimum absolute atomic E-state index is 0.250. The minimum atomic E-state index is -0.431. The summed E-state index contributed by atoms with van der Waals surface area (Å²) in [7, 11) is 0. The maximum absolute atomic E-state index is 12.0. The second kappa shape index (κ2) is 8.97. The highest BCUT2D eigenvalue weighted by molar-refractivity contribution is 5.95. The van der Waals surface area contributed by atoms with Crippen LogP contribution in [0.3, 0.4) is 0 Å². The first-order valence-corrected chi connectivity index (χ1v) is 8.92. The summed E-state index contributed by atoms with van der Waals surface area (Å²) < 4.78 is 0. The minimum Gasteiger partial charge on any atom is -0.333 e. The van der Waals surface area contributed by atoms with Gasteiger partial charge in [0, 0.05) is 38.3 Å². The second-order valence-corrected chi connectivity index (χ2v) is 7.61. The first kappa shape index (κ1) is 19.4. The number of benzene rings is 1. The number of rotatable bonds is 5. The Morgan fingerprint density at radius 3 is 2.20 bits per heavy atom. The van der Waals surface area contributed by atoms with Gasteiger partial charge in [-0.15, -0.1) is 0 Å². The van der Waals surface area contributed by atoms with E-state index in [9.17, 15) is 9.59 Å². The van der Waals surface area contributed by atoms with Crippen molar-refractivity contribution in [3.05, 3.63) is 35.9 Å². The van der Waals surface area contributed by atoms with E-state index in [-0.39, 0.29) is 18.0 Å². The van der Waals surface area contributed by atoms with Crippen molar-refractivity contribution in [2.45, 2.75) is 32.7 Å². The molecule has 3 amide bonds. The third-order valence-electron chi connectivity index (χ3n) is 4.13. The van der Waals surface area contributed by atoms with E-state index in [2.05, 4.69) is 44.7 Å². The van der Waals surface area contributed by atoms with Crippen molar-refractivity contribution in [2.24, 2.45) is 0 Å². The molecule has 1 heterocycles. The molecule has 0 aliphatic carbocycles. The lowest BCUT2D eigenvalue weighted by Gasteiger charge is -2.34. The third kappa shape index (κ3) is 7.67. The third-order valence-corrected chi connectivity index (χ3v) is 4.13.